The zero-order valence-corrected chi connectivity index (χ0v) is 8.31. The van der Waals surface area contributed by atoms with Gasteiger partial charge in [-0.05, 0) is 17.7 Å². The number of carbonyl (C=O) groups is 1. The van der Waals surface area contributed by atoms with Crippen molar-refractivity contribution in [2.24, 2.45) is 0 Å². The number of carboxylic acid groups (broad SMARTS) is 1. The lowest BCUT2D eigenvalue weighted by molar-refractivity contribution is -0.131. The molecule has 0 aromatic heterocycles. The van der Waals surface area contributed by atoms with E-state index in [-0.39, 0.29) is 10.5 Å². The molecule has 0 unspecified atom stereocenters. The summed E-state index contributed by atoms with van der Waals surface area (Å²) in [6, 6.07) is 5.55. The predicted molar refractivity (Wildman–Crippen MR) is 52.9 cm³/mol. The Hall–Kier alpha value is -1.66. The summed E-state index contributed by atoms with van der Waals surface area (Å²) >= 11 is 0. The maximum absolute atomic E-state index is 10.9. The van der Waals surface area contributed by atoms with Crippen LogP contribution in [0, 0.1) is 0 Å². The monoisotopic (exact) mass is 228 g/mol. The second kappa shape index (κ2) is 4.24. The summed E-state index contributed by atoms with van der Waals surface area (Å²) in [5.74, 6) is -1.19. The van der Waals surface area contributed by atoms with Crippen LogP contribution in [0.25, 0.3) is 6.08 Å². The van der Waals surface area contributed by atoms with Gasteiger partial charge in [-0.15, -0.1) is 0 Å². The van der Waals surface area contributed by atoms with E-state index in [1.807, 2.05) is 0 Å². The van der Waals surface area contributed by atoms with Crippen molar-refractivity contribution in [2.75, 3.05) is 0 Å². The van der Waals surface area contributed by atoms with E-state index in [0.717, 1.165) is 12.2 Å². The van der Waals surface area contributed by atoms with E-state index < -0.39 is 16.1 Å². The fourth-order valence-electron chi connectivity index (χ4n) is 1.01. The average molecular weight is 228 g/mol. The minimum Gasteiger partial charge on any atom is -0.478 e. The lowest BCUT2D eigenvalue weighted by atomic mass is 10.2. The lowest BCUT2D eigenvalue weighted by Gasteiger charge is -2.00. The Bertz CT molecular complexity index is 501. The maximum atomic E-state index is 10.9. The molecule has 0 saturated heterocycles. The summed E-state index contributed by atoms with van der Waals surface area (Å²) < 4.78 is 30.6. The van der Waals surface area contributed by atoms with E-state index in [4.69, 9.17) is 9.66 Å². The zero-order chi connectivity index (χ0) is 11.5. The Balaban J connectivity index is 3.25. The molecule has 0 atom stereocenters. The van der Waals surface area contributed by atoms with Crippen LogP contribution in [0.4, 0.5) is 0 Å². The fraction of sp³-hybridized carbons (Fsp3) is 0. The second-order valence-electron chi connectivity index (χ2n) is 2.68. The minimum absolute atomic E-state index is 0.127. The van der Waals surface area contributed by atoms with E-state index in [0.29, 0.717) is 0 Å². The Labute approximate surface area is 86.4 Å². The Kier molecular flexibility index (Phi) is 3.23. The first-order valence-electron chi connectivity index (χ1n) is 3.89. The molecular weight excluding hydrogens is 220 g/mol. The van der Waals surface area contributed by atoms with Crippen LogP contribution in [0.2, 0.25) is 0 Å². The molecule has 0 aliphatic heterocycles. The highest BCUT2D eigenvalue weighted by Gasteiger charge is 2.12. The quantitative estimate of drug-likeness (QED) is 0.595. The Morgan fingerprint density at radius 2 is 1.87 bits per heavy atom. The first kappa shape index (κ1) is 11.4. The van der Waals surface area contributed by atoms with Crippen LogP contribution in [0.15, 0.2) is 35.2 Å². The number of hydrogen-bond acceptors (Lipinski definition) is 3. The van der Waals surface area contributed by atoms with Gasteiger partial charge in [0, 0.05) is 6.08 Å². The van der Waals surface area contributed by atoms with Gasteiger partial charge in [-0.1, -0.05) is 18.2 Å². The number of aliphatic carboxylic acids is 1. The summed E-state index contributed by atoms with van der Waals surface area (Å²) in [5.41, 5.74) is 0.127. The highest BCUT2D eigenvalue weighted by molar-refractivity contribution is 7.85. The molecule has 2 N–H and O–H groups in total. The predicted octanol–water partition coefficient (Wildman–Crippen LogP) is 1.03. The van der Waals surface area contributed by atoms with E-state index in [9.17, 15) is 13.2 Å². The Morgan fingerprint density at radius 1 is 1.27 bits per heavy atom. The van der Waals surface area contributed by atoms with Crippen molar-refractivity contribution in [3.63, 3.8) is 0 Å². The summed E-state index contributed by atoms with van der Waals surface area (Å²) in [7, 11) is -4.33. The Morgan fingerprint density at radius 3 is 2.40 bits per heavy atom. The van der Waals surface area contributed by atoms with Crippen LogP contribution >= 0.6 is 0 Å². The molecule has 0 aliphatic rings. The summed E-state index contributed by atoms with van der Waals surface area (Å²) in [6.07, 6.45) is 1.90. The van der Waals surface area contributed by atoms with Gasteiger partial charge in [-0.2, -0.15) is 8.42 Å². The topological polar surface area (TPSA) is 91.7 Å². The second-order valence-corrected chi connectivity index (χ2v) is 4.07. The van der Waals surface area contributed by atoms with Crippen molar-refractivity contribution < 1.29 is 22.9 Å². The SMILES string of the molecule is O=C(O)C=Cc1ccccc1S(=O)(=O)O. The summed E-state index contributed by atoms with van der Waals surface area (Å²) in [6.45, 7) is 0. The van der Waals surface area contributed by atoms with Gasteiger partial charge >= 0.3 is 5.97 Å². The fourth-order valence-corrected chi connectivity index (χ4v) is 1.70. The summed E-state index contributed by atoms with van der Waals surface area (Å²) in [5, 5.41) is 8.37. The van der Waals surface area contributed by atoms with Crippen molar-refractivity contribution in [3.05, 3.63) is 35.9 Å². The van der Waals surface area contributed by atoms with E-state index in [1.54, 1.807) is 0 Å². The molecule has 0 saturated carbocycles. The van der Waals surface area contributed by atoms with Gasteiger partial charge in [0.2, 0.25) is 0 Å². The van der Waals surface area contributed by atoms with Crippen LogP contribution in [0.5, 0.6) is 0 Å². The third-order valence-electron chi connectivity index (χ3n) is 1.60. The molecule has 80 valence electrons. The first-order chi connectivity index (χ1) is 6.91. The maximum Gasteiger partial charge on any atom is 0.328 e. The minimum atomic E-state index is -4.33. The van der Waals surface area contributed by atoms with Crippen molar-refractivity contribution in [1.82, 2.24) is 0 Å². The molecule has 0 amide bonds. The van der Waals surface area contributed by atoms with Gasteiger partial charge in [0.25, 0.3) is 10.1 Å². The molecule has 0 bridgehead atoms. The molecule has 5 nitrogen and oxygen atoms in total. The van der Waals surface area contributed by atoms with Gasteiger partial charge in [0.1, 0.15) is 4.90 Å². The molecule has 6 heteroatoms. The number of carboxylic acids is 1. The van der Waals surface area contributed by atoms with Gasteiger partial charge in [-0.3, -0.25) is 4.55 Å². The van der Waals surface area contributed by atoms with E-state index >= 15 is 0 Å². The molecule has 1 aromatic rings. The normalized spacial score (nSPS) is 11.8. The van der Waals surface area contributed by atoms with Crippen LogP contribution in [-0.4, -0.2) is 24.0 Å². The van der Waals surface area contributed by atoms with E-state index in [2.05, 4.69) is 0 Å². The molecule has 0 spiro atoms. The van der Waals surface area contributed by atoms with Gasteiger partial charge in [-0.25, -0.2) is 4.79 Å². The third-order valence-corrected chi connectivity index (χ3v) is 2.53. The number of benzene rings is 1. The average Bonchev–Trinajstić information content (AvgIpc) is 2.13. The van der Waals surface area contributed by atoms with Gasteiger partial charge in [0.15, 0.2) is 0 Å². The highest BCUT2D eigenvalue weighted by atomic mass is 32.2. The van der Waals surface area contributed by atoms with Crippen molar-refractivity contribution >= 4 is 22.2 Å². The zero-order valence-electron chi connectivity index (χ0n) is 7.49. The van der Waals surface area contributed by atoms with Crippen molar-refractivity contribution in [2.45, 2.75) is 4.90 Å². The molecule has 1 rings (SSSR count). The van der Waals surface area contributed by atoms with Crippen LogP contribution in [-0.2, 0) is 14.9 Å². The molecular formula is C9H8O5S. The van der Waals surface area contributed by atoms with E-state index in [1.165, 1.54) is 24.3 Å². The van der Waals surface area contributed by atoms with Crippen LogP contribution < -0.4 is 0 Å². The molecule has 0 heterocycles. The van der Waals surface area contributed by atoms with Gasteiger partial charge < -0.3 is 5.11 Å². The van der Waals surface area contributed by atoms with Crippen LogP contribution in [0.3, 0.4) is 0 Å². The molecule has 15 heavy (non-hydrogen) atoms. The first-order valence-corrected chi connectivity index (χ1v) is 5.33. The molecule has 1 aromatic carbocycles. The third kappa shape index (κ3) is 3.19. The highest BCUT2D eigenvalue weighted by Crippen LogP contribution is 2.16. The van der Waals surface area contributed by atoms with Gasteiger partial charge in [0.05, 0.1) is 0 Å². The summed E-state index contributed by atoms with van der Waals surface area (Å²) in [4.78, 5) is 9.92. The van der Waals surface area contributed by atoms with Crippen molar-refractivity contribution in [1.29, 1.82) is 0 Å². The van der Waals surface area contributed by atoms with Crippen LogP contribution in [0.1, 0.15) is 5.56 Å². The number of rotatable bonds is 3. The standard InChI is InChI=1S/C9H8O5S/c10-9(11)6-5-7-3-1-2-4-8(7)15(12,13)14/h1-6H,(H,10,11)(H,12,13,14). The number of hydrogen-bond donors (Lipinski definition) is 2. The smallest absolute Gasteiger partial charge is 0.328 e. The van der Waals surface area contributed by atoms with Crippen molar-refractivity contribution in [3.8, 4) is 0 Å². The molecule has 0 radical (unpaired) electrons. The lowest BCUT2D eigenvalue weighted by Crippen LogP contribution is -2.00. The molecule has 0 aliphatic carbocycles. The largest absolute Gasteiger partial charge is 0.478 e. The molecule has 0 fully saturated rings.